The fourth-order valence-electron chi connectivity index (χ4n) is 3.33. The van der Waals surface area contributed by atoms with E-state index < -0.39 is 17.7 Å². The SMILES string of the molecule is Cc1ccc(-c2ccc(C(=O)Oc3ccc(C)c(C(F)(F)F)c3)c(C)c2)c(C)c1. The predicted molar refractivity (Wildman–Crippen MR) is 107 cm³/mol. The lowest BCUT2D eigenvalue weighted by atomic mass is 9.95. The minimum absolute atomic E-state index is 0.0753. The van der Waals surface area contributed by atoms with Crippen molar-refractivity contribution in [2.75, 3.05) is 0 Å². The Kier molecular flexibility index (Phi) is 5.51. The monoisotopic (exact) mass is 398 g/mol. The Balaban J connectivity index is 1.87. The molecule has 3 aromatic rings. The Labute approximate surface area is 168 Å². The maximum Gasteiger partial charge on any atom is 0.416 e. The molecule has 0 spiro atoms. The largest absolute Gasteiger partial charge is 0.423 e. The summed E-state index contributed by atoms with van der Waals surface area (Å²) in [6.07, 6.45) is -4.50. The first-order valence-electron chi connectivity index (χ1n) is 9.14. The lowest BCUT2D eigenvalue weighted by Crippen LogP contribution is -2.12. The number of benzene rings is 3. The van der Waals surface area contributed by atoms with Crippen molar-refractivity contribution in [3.63, 3.8) is 0 Å². The highest BCUT2D eigenvalue weighted by Crippen LogP contribution is 2.34. The van der Waals surface area contributed by atoms with E-state index in [1.165, 1.54) is 24.6 Å². The normalized spacial score (nSPS) is 11.4. The second-order valence-electron chi connectivity index (χ2n) is 7.21. The van der Waals surface area contributed by atoms with Crippen LogP contribution in [0.5, 0.6) is 5.75 Å². The number of rotatable bonds is 3. The van der Waals surface area contributed by atoms with E-state index in [2.05, 4.69) is 6.07 Å². The summed E-state index contributed by atoms with van der Waals surface area (Å²) in [5, 5.41) is 0. The summed E-state index contributed by atoms with van der Waals surface area (Å²) in [7, 11) is 0. The molecule has 0 amide bonds. The van der Waals surface area contributed by atoms with E-state index in [0.717, 1.165) is 22.8 Å². The quantitative estimate of drug-likeness (QED) is 0.357. The van der Waals surface area contributed by atoms with E-state index in [9.17, 15) is 18.0 Å². The van der Waals surface area contributed by atoms with Crippen LogP contribution in [0.1, 0.15) is 38.2 Å². The molecule has 3 aromatic carbocycles. The van der Waals surface area contributed by atoms with Crippen LogP contribution in [0.15, 0.2) is 54.6 Å². The lowest BCUT2D eigenvalue weighted by molar-refractivity contribution is -0.138. The average Bonchev–Trinajstić information content (AvgIpc) is 2.62. The molecule has 0 fully saturated rings. The van der Waals surface area contributed by atoms with Crippen LogP contribution in [-0.4, -0.2) is 5.97 Å². The number of halogens is 3. The van der Waals surface area contributed by atoms with Gasteiger partial charge in [0.25, 0.3) is 0 Å². The lowest BCUT2D eigenvalue weighted by Gasteiger charge is -2.13. The number of carbonyl (C=O) groups excluding carboxylic acids is 1. The van der Waals surface area contributed by atoms with Gasteiger partial charge in [-0.2, -0.15) is 13.2 Å². The van der Waals surface area contributed by atoms with Gasteiger partial charge in [0, 0.05) is 0 Å². The van der Waals surface area contributed by atoms with Crippen molar-refractivity contribution in [3.05, 3.63) is 88.0 Å². The number of carbonyl (C=O) groups is 1. The molecule has 0 aliphatic carbocycles. The molecule has 0 aromatic heterocycles. The van der Waals surface area contributed by atoms with E-state index in [-0.39, 0.29) is 11.3 Å². The van der Waals surface area contributed by atoms with Gasteiger partial charge in [0.1, 0.15) is 5.75 Å². The fraction of sp³-hybridized carbons (Fsp3) is 0.208. The van der Waals surface area contributed by atoms with Gasteiger partial charge in [-0.05, 0) is 73.7 Å². The third-order valence-electron chi connectivity index (χ3n) is 4.86. The molecule has 0 radical (unpaired) electrons. The molecule has 0 N–H and O–H groups in total. The molecular formula is C24H21F3O2. The van der Waals surface area contributed by atoms with Gasteiger partial charge in [0.15, 0.2) is 0 Å². The van der Waals surface area contributed by atoms with Crippen LogP contribution in [0.2, 0.25) is 0 Å². The first-order valence-corrected chi connectivity index (χ1v) is 9.14. The van der Waals surface area contributed by atoms with Gasteiger partial charge < -0.3 is 4.74 Å². The number of hydrogen-bond donors (Lipinski definition) is 0. The second kappa shape index (κ2) is 7.74. The van der Waals surface area contributed by atoms with Gasteiger partial charge in [-0.25, -0.2) is 4.79 Å². The summed E-state index contributed by atoms with van der Waals surface area (Å²) in [5.74, 6) is -0.822. The van der Waals surface area contributed by atoms with Gasteiger partial charge in [-0.1, -0.05) is 42.0 Å². The Morgan fingerprint density at radius 3 is 2.14 bits per heavy atom. The van der Waals surface area contributed by atoms with E-state index >= 15 is 0 Å². The van der Waals surface area contributed by atoms with Crippen molar-refractivity contribution < 1.29 is 22.7 Å². The highest BCUT2D eigenvalue weighted by atomic mass is 19.4. The van der Waals surface area contributed by atoms with Crippen LogP contribution >= 0.6 is 0 Å². The van der Waals surface area contributed by atoms with Gasteiger partial charge in [-0.15, -0.1) is 0 Å². The zero-order valence-corrected chi connectivity index (χ0v) is 16.6. The zero-order chi connectivity index (χ0) is 21.3. The first kappa shape index (κ1) is 20.6. The molecule has 3 rings (SSSR count). The molecular weight excluding hydrogens is 377 g/mol. The summed E-state index contributed by atoms with van der Waals surface area (Å²) in [6.45, 7) is 7.19. The number of alkyl halides is 3. The summed E-state index contributed by atoms with van der Waals surface area (Å²) < 4.78 is 44.4. The third-order valence-corrected chi connectivity index (χ3v) is 4.86. The minimum atomic E-state index is -4.50. The van der Waals surface area contributed by atoms with Crippen LogP contribution in [0.25, 0.3) is 11.1 Å². The van der Waals surface area contributed by atoms with Gasteiger partial charge in [0.2, 0.25) is 0 Å². The zero-order valence-electron chi connectivity index (χ0n) is 16.6. The van der Waals surface area contributed by atoms with E-state index in [0.29, 0.717) is 11.1 Å². The highest BCUT2D eigenvalue weighted by molar-refractivity contribution is 5.93. The Hall–Kier alpha value is -3.08. The molecule has 2 nitrogen and oxygen atoms in total. The second-order valence-corrected chi connectivity index (χ2v) is 7.21. The maximum atomic E-state index is 13.1. The Bertz CT molecular complexity index is 1080. The van der Waals surface area contributed by atoms with Crippen molar-refractivity contribution in [2.24, 2.45) is 0 Å². The van der Waals surface area contributed by atoms with Gasteiger partial charge in [0.05, 0.1) is 11.1 Å². The van der Waals surface area contributed by atoms with Gasteiger partial charge in [-0.3, -0.25) is 0 Å². The van der Waals surface area contributed by atoms with Crippen molar-refractivity contribution in [1.82, 2.24) is 0 Å². The average molecular weight is 398 g/mol. The molecule has 0 saturated heterocycles. The molecule has 0 atom stereocenters. The van der Waals surface area contributed by atoms with Gasteiger partial charge >= 0.3 is 12.1 Å². The van der Waals surface area contributed by atoms with E-state index in [1.54, 1.807) is 13.0 Å². The smallest absolute Gasteiger partial charge is 0.416 e. The van der Waals surface area contributed by atoms with Crippen molar-refractivity contribution >= 4 is 5.97 Å². The molecule has 0 heterocycles. The third kappa shape index (κ3) is 4.50. The minimum Gasteiger partial charge on any atom is -0.423 e. The van der Waals surface area contributed by atoms with Crippen LogP contribution in [0, 0.1) is 27.7 Å². The molecule has 0 bridgehead atoms. The van der Waals surface area contributed by atoms with Crippen LogP contribution < -0.4 is 4.74 Å². The molecule has 150 valence electrons. The summed E-state index contributed by atoms with van der Waals surface area (Å²) in [6, 6.07) is 15.0. The van der Waals surface area contributed by atoms with E-state index in [4.69, 9.17) is 4.74 Å². The molecule has 0 aliphatic heterocycles. The number of ether oxygens (including phenoxy) is 1. The number of esters is 1. The van der Waals surface area contributed by atoms with Crippen LogP contribution in [0.3, 0.4) is 0 Å². The van der Waals surface area contributed by atoms with Crippen molar-refractivity contribution in [1.29, 1.82) is 0 Å². The summed E-state index contributed by atoms with van der Waals surface area (Å²) >= 11 is 0. The molecule has 0 saturated carbocycles. The summed E-state index contributed by atoms with van der Waals surface area (Å²) in [5.41, 5.74) is 4.58. The summed E-state index contributed by atoms with van der Waals surface area (Å²) in [4.78, 5) is 12.5. The highest BCUT2D eigenvalue weighted by Gasteiger charge is 2.33. The molecule has 0 unspecified atom stereocenters. The van der Waals surface area contributed by atoms with Crippen LogP contribution in [-0.2, 0) is 6.18 Å². The van der Waals surface area contributed by atoms with Crippen molar-refractivity contribution in [3.8, 4) is 16.9 Å². The number of hydrogen-bond acceptors (Lipinski definition) is 2. The predicted octanol–water partition coefficient (Wildman–Crippen LogP) is 6.83. The standard InChI is InChI=1S/C24H21F3O2/c1-14-5-9-20(16(3)11-14)18-7-10-21(17(4)12-18)23(28)29-19-8-6-15(2)22(13-19)24(25,26)27/h5-13H,1-4H3. The molecule has 5 heteroatoms. The Morgan fingerprint density at radius 2 is 1.52 bits per heavy atom. The molecule has 29 heavy (non-hydrogen) atoms. The molecule has 0 aliphatic rings. The first-order chi connectivity index (χ1) is 13.6. The fourth-order valence-corrected chi connectivity index (χ4v) is 3.33. The topological polar surface area (TPSA) is 26.3 Å². The maximum absolute atomic E-state index is 13.1. The van der Waals surface area contributed by atoms with Crippen LogP contribution in [0.4, 0.5) is 13.2 Å². The number of aryl methyl sites for hydroxylation is 4. The van der Waals surface area contributed by atoms with E-state index in [1.807, 2.05) is 38.1 Å². The van der Waals surface area contributed by atoms with Crippen molar-refractivity contribution in [2.45, 2.75) is 33.9 Å². The Morgan fingerprint density at radius 1 is 0.793 bits per heavy atom.